The van der Waals surface area contributed by atoms with Crippen LogP contribution < -0.4 is 15.8 Å². The van der Waals surface area contributed by atoms with E-state index >= 15 is 0 Å². The first-order valence-corrected chi connectivity index (χ1v) is 7.08. The molecule has 1 unspecified atom stereocenters. The zero-order valence-electron chi connectivity index (χ0n) is 11.7. The van der Waals surface area contributed by atoms with E-state index in [4.69, 9.17) is 10.5 Å². The Hall–Kier alpha value is -2.49. The van der Waals surface area contributed by atoms with E-state index in [0.717, 1.165) is 22.6 Å². The SMILES string of the molecule is Nc1ccccc1CCC(=O)NC1COc2ccccc21. The van der Waals surface area contributed by atoms with E-state index in [1.54, 1.807) is 0 Å². The number of hydrogen-bond donors (Lipinski definition) is 2. The Morgan fingerprint density at radius 1 is 1.19 bits per heavy atom. The summed E-state index contributed by atoms with van der Waals surface area (Å²) in [5.41, 5.74) is 8.67. The van der Waals surface area contributed by atoms with Gasteiger partial charge in [0.1, 0.15) is 12.4 Å². The highest BCUT2D eigenvalue weighted by Crippen LogP contribution is 2.31. The van der Waals surface area contributed by atoms with Crippen LogP contribution in [0.4, 0.5) is 5.69 Å². The molecule has 2 aromatic rings. The molecule has 1 amide bonds. The van der Waals surface area contributed by atoms with Crippen LogP contribution in [0.25, 0.3) is 0 Å². The molecular formula is C17H18N2O2. The smallest absolute Gasteiger partial charge is 0.220 e. The standard InChI is InChI=1S/C17H18N2O2/c18-14-7-3-1-5-12(14)9-10-17(20)19-15-11-21-16-8-4-2-6-13(15)16/h1-8,15H,9-11,18H2,(H,19,20). The van der Waals surface area contributed by atoms with E-state index in [2.05, 4.69) is 5.32 Å². The van der Waals surface area contributed by atoms with Crippen molar-refractivity contribution in [3.05, 3.63) is 59.7 Å². The molecule has 0 bridgehead atoms. The lowest BCUT2D eigenvalue weighted by Gasteiger charge is -2.12. The first-order chi connectivity index (χ1) is 10.2. The monoisotopic (exact) mass is 282 g/mol. The van der Waals surface area contributed by atoms with Gasteiger partial charge in [0.25, 0.3) is 0 Å². The van der Waals surface area contributed by atoms with E-state index in [0.29, 0.717) is 19.4 Å². The van der Waals surface area contributed by atoms with Gasteiger partial charge in [0, 0.05) is 17.7 Å². The van der Waals surface area contributed by atoms with Gasteiger partial charge in [-0.2, -0.15) is 0 Å². The van der Waals surface area contributed by atoms with Crippen LogP contribution in [0.3, 0.4) is 0 Å². The van der Waals surface area contributed by atoms with Crippen molar-refractivity contribution >= 4 is 11.6 Å². The molecular weight excluding hydrogens is 264 g/mol. The maximum Gasteiger partial charge on any atom is 0.220 e. The van der Waals surface area contributed by atoms with Gasteiger partial charge in [-0.1, -0.05) is 36.4 Å². The lowest BCUT2D eigenvalue weighted by Crippen LogP contribution is -2.29. The zero-order valence-corrected chi connectivity index (χ0v) is 11.7. The highest BCUT2D eigenvalue weighted by molar-refractivity contribution is 5.77. The maximum atomic E-state index is 12.1. The van der Waals surface area contributed by atoms with E-state index in [1.165, 1.54) is 0 Å². The van der Waals surface area contributed by atoms with Gasteiger partial charge < -0.3 is 15.8 Å². The maximum absolute atomic E-state index is 12.1. The second kappa shape index (κ2) is 5.87. The molecule has 108 valence electrons. The van der Waals surface area contributed by atoms with Crippen molar-refractivity contribution < 1.29 is 9.53 Å². The summed E-state index contributed by atoms with van der Waals surface area (Å²) in [4.78, 5) is 12.1. The van der Waals surface area contributed by atoms with Crippen LogP contribution >= 0.6 is 0 Å². The number of nitrogen functional groups attached to an aromatic ring is 1. The van der Waals surface area contributed by atoms with E-state index in [1.807, 2.05) is 48.5 Å². The summed E-state index contributed by atoms with van der Waals surface area (Å²) in [5, 5.41) is 3.02. The number of carbonyl (C=O) groups is 1. The third-order valence-corrected chi connectivity index (χ3v) is 3.71. The quantitative estimate of drug-likeness (QED) is 0.847. The molecule has 0 fully saturated rings. The predicted octanol–water partition coefficient (Wildman–Crippen LogP) is 2.45. The van der Waals surface area contributed by atoms with Crippen LogP contribution in [0.2, 0.25) is 0 Å². The van der Waals surface area contributed by atoms with Gasteiger partial charge >= 0.3 is 0 Å². The van der Waals surface area contributed by atoms with Crippen LogP contribution in [0, 0.1) is 0 Å². The molecule has 1 aliphatic rings. The van der Waals surface area contributed by atoms with Crippen molar-refractivity contribution in [3.8, 4) is 5.75 Å². The molecule has 2 aromatic carbocycles. The fourth-order valence-corrected chi connectivity index (χ4v) is 2.56. The fraction of sp³-hybridized carbons (Fsp3) is 0.235. The number of para-hydroxylation sites is 2. The zero-order chi connectivity index (χ0) is 14.7. The van der Waals surface area contributed by atoms with Gasteiger partial charge in [-0.05, 0) is 24.1 Å². The normalized spacial score (nSPS) is 16.1. The van der Waals surface area contributed by atoms with Crippen molar-refractivity contribution in [1.29, 1.82) is 0 Å². The first-order valence-electron chi connectivity index (χ1n) is 7.08. The molecule has 21 heavy (non-hydrogen) atoms. The Bertz CT molecular complexity index is 655. The van der Waals surface area contributed by atoms with Gasteiger partial charge in [-0.25, -0.2) is 0 Å². The molecule has 0 spiro atoms. The Morgan fingerprint density at radius 2 is 1.95 bits per heavy atom. The van der Waals surface area contributed by atoms with Crippen molar-refractivity contribution in [2.75, 3.05) is 12.3 Å². The van der Waals surface area contributed by atoms with E-state index < -0.39 is 0 Å². The summed E-state index contributed by atoms with van der Waals surface area (Å²) in [6, 6.07) is 15.4. The summed E-state index contributed by atoms with van der Waals surface area (Å²) in [6.07, 6.45) is 1.07. The average molecular weight is 282 g/mol. The van der Waals surface area contributed by atoms with Crippen LogP contribution in [-0.2, 0) is 11.2 Å². The van der Waals surface area contributed by atoms with Gasteiger partial charge in [0.15, 0.2) is 0 Å². The van der Waals surface area contributed by atoms with Crippen LogP contribution in [0.15, 0.2) is 48.5 Å². The summed E-state index contributed by atoms with van der Waals surface area (Å²) in [5.74, 6) is 0.874. The lowest BCUT2D eigenvalue weighted by atomic mass is 10.1. The minimum Gasteiger partial charge on any atom is -0.491 e. The van der Waals surface area contributed by atoms with Gasteiger partial charge in [0.05, 0.1) is 6.04 Å². The molecule has 0 radical (unpaired) electrons. The van der Waals surface area contributed by atoms with Crippen LogP contribution in [-0.4, -0.2) is 12.5 Å². The molecule has 0 saturated carbocycles. The van der Waals surface area contributed by atoms with Gasteiger partial charge in [-0.15, -0.1) is 0 Å². The lowest BCUT2D eigenvalue weighted by molar-refractivity contribution is -0.121. The number of anilines is 1. The topological polar surface area (TPSA) is 64.4 Å². The average Bonchev–Trinajstić information content (AvgIpc) is 2.90. The van der Waals surface area contributed by atoms with E-state index in [9.17, 15) is 4.79 Å². The Labute approximate surface area is 123 Å². The fourth-order valence-electron chi connectivity index (χ4n) is 2.56. The number of aryl methyl sites for hydroxylation is 1. The Morgan fingerprint density at radius 3 is 2.81 bits per heavy atom. The number of benzene rings is 2. The third-order valence-electron chi connectivity index (χ3n) is 3.71. The number of nitrogens with one attached hydrogen (secondary N) is 1. The van der Waals surface area contributed by atoms with Crippen molar-refractivity contribution in [1.82, 2.24) is 5.32 Å². The molecule has 1 atom stereocenters. The molecule has 1 aliphatic heterocycles. The summed E-state index contributed by atoms with van der Waals surface area (Å²) in [7, 11) is 0. The summed E-state index contributed by atoms with van der Waals surface area (Å²) in [6.45, 7) is 0.499. The number of rotatable bonds is 4. The highest BCUT2D eigenvalue weighted by Gasteiger charge is 2.24. The number of carbonyl (C=O) groups excluding carboxylic acids is 1. The molecule has 4 heteroatoms. The van der Waals surface area contributed by atoms with Crippen molar-refractivity contribution in [2.45, 2.75) is 18.9 Å². The van der Waals surface area contributed by atoms with Gasteiger partial charge in [0.2, 0.25) is 5.91 Å². The predicted molar refractivity (Wildman–Crippen MR) is 82.0 cm³/mol. The second-order valence-corrected chi connectivity index (χ2v) is 5.17. The summed E-state index contributed by atoms with van der Waals surface area (Å²) >= 11 is 0. The number of fused-ring (bicyclic) bond motifs is 1. The molecule has 4 nitrogen and oxygen atoms in total. The number of amides is 1. The first kappa shape index (κ1) is 13.5. The minimum atomic E-state index is -0.0539. The minimum absolute atomic E-state index is 0.0172. The molecule has 0 aliphatic carbocycles. The molecule has 3 rings (SSSR count). The van der Waals surface area contributed by atoms with Crippen molar-refractivity contribution in [3.63, 3.8) is 0 Å². The number of hydrogen-bond acceptors (Lipinski definition) is 3. The highest BCUT2D eigenvalue weighted by atomic mass is 16.5. The molecule has 1 heterocycles. The van der Waals surface area contributed by atoms with Crippen LogP contribution in [0.1, 0.15) is 23.6 Å². The van der Waals surface area contributed by atoms with Crippen LogP contribution in [0.5, 0.6) is 5.75 Å². The van der Waals surface area contributed by atoms with Crippen molar-refractivity contribution in [2.24, 2.45) is 0 Å². The number of nitrogens with two attached hydrogens (primary N) is 1. The summed E-state index contributed by atoms with van der Waals surface area (Å²) < 4.78 is 5.56. The molecule has 0 aromatic heterocycles. The molecule has 3 N–H and O–H groups in total. The second-order valence-electron chi connectivity index (χ2n) is 5.17. The number of ether oxygens (including phenoxy) is 1. The van der Waals surface area contributed by atoms with E-state index in [-0.39, 0.29) is 11.9 Å². The Balaban J connectivity index is 1.57. The Kier molecular flexibility index (Phi) is 3.77. The largest absolute Gasteiger partial charge is 0.491 e. The third kappa shape index (κ3) is 2.99. The molecule has 0 saturated heterocycles. The van der Waals surface area contributed by atoms with Gasteiger partial charge in [-0.3, -0.25) is 4.79 Å².